The van der Waals surface area contributed by atoms with E-state index >= 15 is 0 Å². The molecule has 0 aliphatic carbocycles. The van der Waals surface area contributed by atoms with E-state index in [4.69, 9.17) is 4.74 Å². The molecular weight excluding hydrogens is 266 g/mol. The number of ether oxygens (including phenoxy) is 1. The van der Waals surface area contributed by atoms with Gasteiger partial charge in [-0.05, 0) is 50.9 Å². The molecular formula is C17H25NO3. The van der Waals surface area contributed by atoms with Gasteiger partial charge in [-0.15, -0.1) is 0 Å². The second kappa shape index (κ2) is 6.48. The molecule has 0 amide bonds. The van der Waals surface area contributed by atoms with Gasteiger partial charge in [0, 0.05) is 13.1 Å². The molecule has 116 valence electrons. The summed E-state index contributed by atoms with van der Waals surface area (Å²) >= 11 is 0. The number of hydrogen-bond donors (Lipinski definition) is 1. The largest absolute Gasteiger partial charge is 0.491 e. The van der Waals surface area contributed by atoms with Crippen molar-refractivity contribution in [3.05, 3.63) is 29.8 Å². The van der Waals surface area contributed by atoms with E-state index in [0.717, 1.165) is 25.3 Å². The lowest BCUT2D eigenvalue weighted by molar-refractivity contribution is -0.148. The quantitative estimate of drug-likeness (QED) is 0.874. The normalized spacial score (nSPS) is 22.7. The minimum Gasteiger partial charge on any atom is -0.491 e. The Hall–Kier alpha value is -1.55. The molecule has 1 saturated heterocycles. The molecule has 1 heterocycles. The van der Waals surface area contributed by atoms with Crippen LogP contribution in [0.5, 0.6) is 5.75 Å². The van der Waals surface area contributed by atoms with Crippen molar-refractivity contribution in [3.8, 4) is 5.75 Å². The molecule has 1 aliphatic heterocycles. The topological polar surface area (TPSA) is 49.8 Å². The van der Waals surface area contributed by atoms with Crippen LogP contribution in [0.1, 0.15) is 39.2 Å². The number of carboxylic acids is 1. The van der Waals surface area contributed by atoms with Gasteiger partial charge in [0.2, 0.25) is 0 Å². The maximum Gasteiger partial charge on any atom is 0.310 e. The summed E-state index contributed by atoms with van der Waals surface area (Å²) in [6.45, 7) is 8.24. The maximum absolute atomic E-state index is 11.5. The summed E-state index contributed by atoms with van der Waals surface area (Å²) in [6, 6.07) is 8.07. The first kappa shape index (κ1) is 15.8. The van der Waals surface area contributed by atoms with Crippen molar-refractivity contribution >= 4 is 5.97 Å². The van der Waals surface area contributed by atoms with Crippen LogP contribution in [0.4, 0.5) is 0 Å². The van der Waals surface area contributed by atoms with Gasteiger partial charge in [0.1, 0.15) is 5.75 Å². The summed E-state index contributed by atoms with van der Waals surface area (Å²) in [5, 5.41) is 9.44. The highest BCUT2D eigenvalue weighted by Gasteiger charge is 2.42. The van der Waals surface area contributed by atoms with E-state index in [1.807, 2.05) is 39.0 Å². The minimum absolute atomic E-state index is 0.159. The van der Waals surface area contributed by atoms with E-state index in [1.165, 1.54) is 5.56 Å². The first-order chi connectivity index (χ1) is 9.95. The molecule has 1 fully saturated rings. The number of rotatable bonds is 6. The first-order valence-corrected chi connectivity index (χ1v) is 7.66. The predicted molar refractivity (Wildman–Crippen MR) is 82.5 cm³/mol. The van der Waals surface area contributed by atoms with Crippen LogP contribution in [0.15, 0.2) is 24.3 Å². The lowest BCUT2D eigenvalue weighted by Crippen LogP contribution is -2.33. The van der Waals surface area contributed by atoms with E-state index in [9.17, 15) is 9.90 Å². The van der Waals surface area contributed by atoms with Gasteiger partial charge in [-0.1, -0.05) is 19.1 Å². The van der Waals surface area contributed by atoms with Crippen LogP contribution in [0.2, 0.25) is 0 Å². The standard InChI is InChI=1S/C17H25NO3/c1-4-17(16(19)20)8-9-18(12-17)11-14-6-5-7-15(10-14)21-13(2)3/h5-7,10,13H,4,8-9,11-12H2,1-3H3,(H,19,20). The molecule has 21 heavy (non-hydrogen) atoms. The molecule has 4 nitrogen and oxygen atoms in total. The zero-order valence-electron chi connectivity index (χ0n) is 13.1. The third-order valence-electron chi connectivity index (χ3n) is 4.24. The SMILES string of the molecule is CCC1(C(=O)O)CCN(Cc2cccc(OC(C)C)c2)C1. The number of hydrogen-bond acceptors (Lipinski definition) is 3. The molecule has 2 rings (SSSR count). The van der Waals surface area contributed by atoms with Crippen molar-refractivity contribution in [2.45, 2.75) is 46.3 Å². The Morgan fingerprint density at radius 1 is 1.48 bits per heavy atom. The average molecular weight is 291 g/mol. The number of nitrogens with zero attached hydrogens (tertiary/aromatic N) is 1. The number of likely N-dealkylation sites (tertiary alicyclic amines) is 1. The van der Waals surface area contributed by atoms with Crippen LogP contribution in [0.25, 0.3) is 0 Å². The Balaban J connectivity index is 2.01. The Morgan fingerprint density at radius 2 is 2.24 bits per heavy atom. The van der Waals surface area contributed by atoms with Crippen molar-refractivity contribution in [2.75, 3.05) is 13.1 Å². The lowest BCUT2D eigenvalue weighted by Gasteiger charge is -2.23. The highest BCUT2D eigenvalue weighted by atomic mass is 16.5. The number of benzene rings is 1. The third-order valence-corrected chi connectivity index (χ3v) is 4.24. The Labute approximate surface area is 126 Å². The highest BCUT2D eigenvalue weighted by molar-refractivity contribution is 5.75. The van der Waals surface area contributed by atoms with Crippen LogP contribution < -0.4 is 4.74 Å². The molecule has 0 spiro atoms. The smallest absolute Gasteiger partial charge is 0.310 e. The van der Waals surface area contributed by atoms with Crippen LogP contribution >= 0.6 is 0 Å². The molecule has 4 heteroatoms. The summed E-state index contributed by atoms with van der Waals surface area (Å²) in [7, 11) is 0. The summed E-state index contributed by atoms with van der Waals surface area (Å²) in [4.78, 5) is 13.7. The van der Waals surface area contributed by atoms with Gasteiger partial charge in [0.25, 0.3) is 0 Å². The number of aliphatic carboxylic acids is 1. The molecule has 1 atom stereocenters. The molecule has 0 saturated carbocycles. The molecule has 1 N–H and O–H groups in total. The fourth-order valence-electron chi connectivity index (χ4n) is 2.96. The first-order valence-electron chi connectivity index (χ1n) is 7.66. The van der Waals surface area contributed by atoms with Crippen molar-refractivity contribution in [2.24, 2.45) is 5.41 Å². The van der Waals surface area contributed by atoms with Gasteiger partial charge >= 0.3 is 5.97 Å². The van der Waals surface area contributed by atoms with E-state index < -0.39 is 11.4 Å². The Morgan fingerprint density at radius 3 is 2.81 bits per heavy atom. The number of carbonyl (C=O) groups is 1. The lowest BCUT2D eigenvalue weighted by atomic mass is 9.84. The predicted octanol–water partition coefficient (Wildman–Crippen LogP) is 3.16. The van der Waals surface area contributed by atoms with Gasteiger partial charge in [0.05, 0.1) is 11.5 Å². The van der Waals surface area contributed by atoms with Gasteiger partial charge in [-0.3, -0.25) is 9.69 Å². The zero-order chi connectivity index (χ0) is 15.5. The van der Waals surface area contributed by atoms with Crippen molar-refractivity contribution in [3.63, 3.8) is 0 Å². The zero-order valence-corrected chi connectivity index (χ0v) is 13.1. The summed E-state index contributed by atoms with van der Waals surface area (Å²) < 4.78 is 5.71. The fraction of sp³-hybridized carbons (Fsp3) is 0.588. The van der Waals surface area contributed by atoms with Gasteiger partial charge in [-0.2, -0.15) is 0 Å². The monoisotopic (exact) mass is 291 g/mol. The van der Waals surface area contributed by atoms with Crippen molar-refractivity contribution < 1.29 is 14.6 Å². The van der Waals surface area contributed by atoms with Crippen molar-refractivity contribution in [1.29, 1.82) is 0 Å². The van der Waals surface area contributed by atoms with Crippen LogP contribution in [0.3, 0.4) is 0 Å². The molecule has 0 bridgehead atoms. The third kappa shape index (κ3) is 3.76. The van der Waals surface area contributed by atoms with Gasteiger partial charge in [-0.25, -0.2) is 0 Å². The molecule has 1 aromatic rings. The van der Waals surface area contributed by atoms with Crippen molar-refractivity contribution in [1.82, 2.24) is 4.90 Å². The summed E-state index contributed by atoms with van der Waals surface area (Å²) in [6.07, 6.45) is 1.59. The van der Waals surface area contributed by atoms with Gasteiger partial charge < -0.3 is 9.84 Å². The fourth-order valence-corrected chi connectivity index (χ4v) is 2.96. The summed E-state index contributed by atoms with van der Waals surface area (Å²) in [5.74, 6) is 0.214. The summed E-state index contributed by atoms with van der Waals surface area (Å²) in [5.41, 5.74) is 0.608. The van der Waals surface area contributed by atoms with E-state index in [-0.39, 0.29) is 6.10 Å². The van der Waals surface area contributed by atoms with Gasteiger partial charge in [0.15, 0.2) is 0 Å². The molecule has 1 unspecified atom stereocenters. The highest BCUT2D eigenvalue weighted by Crippen LogP contribution is 2.35. The van der Waals surface area contributed by atoms with E-state index in [1.54, 1.807) is 0 Å². The Bertz CT molecular complexity index is 501. The molecule has 1 aromatic carbocycles. The number of carboxylic acid groups (broad SMARTS) is 1. The second-order valence-corrected chi connectivity index (χ2v) is 6.21. The Kier molecular flexibility index (Phi) is 4.88. The average Bonchev–Trinajstić information content (AvgIpc) is 2.83. The van der Waals surface area contributed by atoms with Crippen LogP contribution in [-0.2, 0) is 11.3 Å². The van der Waals surface area contributed by atoms with E-state index in [0.29, 0.717) is 13.0 Å². The molecule has 1 aliphatic rings. The molecule has 0 radical (unpaired) electrons. The minimum atomic E-state index is -0.663. The molecule has 0 aromatic heterocycles. The van der Waals surface area contributed by atoms with Crippen LogP contribution in [0, 0.1) is 5.41 Å². The maximum atomic E-state index is 11.5. The van der Waals surface area contributed by atoms with E-state index in [2.05, 4.69) is 11.0 Å². The van der Waals surface area contributed by atoms with Crippen LogP contribution in [-0.4, -0.2) is 35.2 Å². The second-order valence-electron chi connectivity index (χ2n) is 6.21.